The highest BCUT2D eigenvalue weighted by Gasteiger charge is 2.33. The first-order valence-corrected chi connectivity index (χ1v) is 11.1. The fourth-order valence-electron chi connectivity index (χ4n) is 3.70. The Morgan fingerprint density at radius 1 is 1.21 bits per heavy atom. The number of ketones is 1. The van der Waals surface area contributed by atoms with Gasteiger partial charge in [-0.2, -0.15) is 13.2 Å². The van der Waals surface area contributed by atoms with Crippen molar-refractivity contribution in [1.82, 2.24) is 9.97 Å². The first kappa shape index (κ1) is 23.1. The van der Waals surface area contributed by atoms with E-state index in [1.54, 1.807) is 12.1 Å². The van der Waals surface area contributed by atoms with E-state index in [0.29, 0.717) is 5.52 Å². The standard InChI is InChI=1S/C22H21F3N4O3S/c1-12(31)14-9-17-18(33-21(28-17)29-7-5-13(11-30)6-8-29)10-16(14)27-20(32)15-3-2-4-19(26-15)22(23,24)25/h2-4,9-10,13,30H,5-8,11H2,1H3,(H,27,32). The molecule has 11 heteroatoms. The van der Waals surface area contributed by atoms with E-state index < -0.39 is 23.5 Å². The van der Waals surface area contributed by atoms with Crippen LogP contribution < -0.4 is 10.2 Å². The van der Waals surface area contributed by atoms with Gasteiger partial charge in [0.15, 0.2) is 10.9 Å². The van der Waals surface area contributed by atoms with Crippen LogP contribution in [0.2, 0.25) is 0 Å². The molecule has 0 radical (unpaired) electrons. The average molecular weight is 478 g/mol. The Morgan fingerprint density at radius 2 is 1.94 bits per heavy atom. The number of pyridine rings is 1. The molecule has 1 fully saturated rings. The third-order valence-corrected chi connectivity index (χ3v) is 6.64. The summed E-state index contributed by atoms with van der Waals surface area (Å²) in [4.78, 5) is 35.0. The van der Waals surface area contributed by atoms with Gasteiger partial charge in [0.05, 0.1) is 15.9 Å². The smallest absolute Gasteiger partial charge is 0.396 e. The lowest BCUT2D eigenvalue weighted by Gasteiger charge is -2.30. The van der Waals surface area contributed by atoms with E-state index in [9.17, 15) is 27.9 Å². The molecule has 0 spiro atoms. The van der Waals surface area contributed by atoms with Crippen LogP contribution in [0.4, 0.5) is 24.0 Å². The van der Waals surface area contributed by atoms with E-state index in [-0.39, 0.29) is 29.6 Å². The topological polar surface area (TPSA) is 95.4 Å². The number of benzene rings is 1. The fraction of sp³-hybridized carbons (Fsp3) is 0.364. The molecule has 1 aliphatic rings. The maximum absolute atomic E-state index is 12.9. The fourth-order valence-corrected chi connectivity index (χ4v) is 4.74. The van der Waals surface area contributed by atoms with Crippen LogP contribution in [-0.4, -0.2) is 46.5 Å². The summed E-state index contributed by atoms with van der Waals surface area (Å²) >= 11 is 1.40. The van der Waals surface area contributed by atoms with Gasteiger partial charge in [-0.1, -0.05) is 17.4 Å². The van der Waals surface area contributed by atoms with Crippen molar-refractivity contribution in [1.29, 1.82) is 0 Å². The number of carbonyl (C=O) groups excluding carboxylic acids is 2. The second-order valence-corrected chi connectivity index (χ2v) is 8.90. The first-order valence-electron chi connectivity index (χ1n) is 10.3. The van der Waals surface area contributed by atoms with Gasteiger partial charge < -0.3 is 15.3 Å². The van der Waals surface area contributed by atoms with Crippen LogP contribution in [0, 0.1) is 5.92 Å². The van der Waals surface area contributed by atoms with E-state index in [1.807, 2.05) is 0 Å². The van der Waals surface area contributed by atoms with Crippen molar-refractivity contribution in [2.75, 3.05) is 29.9 Å². The van der Waals surface area contributed by atoms with Crippen LogP contribution >= 0.6 is 11.3 Å². The number of hydrogen-bond acceptors (Lipinski definition) is 7. The van der Waals surface area contributed by atoms with E-state index in [2.05, 4.69) is 20.2 Å². The number of nitrogens with zero attached hydrogens (tertiary/aromatic N) is 3. The van der Waals surface area contributed by atoms with Gasteiger partial charge in [-0.3, -0.25) is 9.59 Å². The van der Waals surface area contributed by atoms with Crippen LogP contribution in [0.5, 0.6) is 0 Å². The second kappa shape index (κ2) is 9.06. The summed E-state index contributed by atoms with van der Waals surface area (Å²) in [6.07, 6.45) is -2.96. The van der Waals surface area contributed by atoms with Crippen molar-refractivity contribution in [3.8, 4) is 0 Å². The number of rotatable bonds is 5. The third-order valence-electron chi connectivity index (χ3n) is 5.56. The number of fused-ring (bicyclic) bond motifs is 1. The van der Waals surface area contributed by atoms with Gasteiger partial charge in [0.1, 0.15) is 11.4 Å². The second-order valence-electron chi connectivity index (χ2n) is 7.89. The molecule has 0 saturated carbocycles. The van der Waals surface area contributed by atoms with Gasteiger partial charge in [0, 0.05) is 25.3 Å². The SMILES string of the molecule is CC(=O)c1cc2nc(N3CCC(CO)CC3)sc2cc1NC(=O)c1cccc(C(F)(F)F)n1. The Morgan fingerprint density at radius 3 is 2.58 bits per heavy atom. The molecule has 1 amide bonds. The van der Waals surface area contributed by atoms with Crippen LogP contribution in [-0.2, 0) is 6.18 Å². The number of anilines is 2. The number of thiazole rings is 1. The van der Waals surface area contributed by atoms with Crippen LogP contribution in [0.25, 0.3) is 10.2 Å². The molecule has 3 aromatic rings. The predicted octanol–water partition coefficient (Wildman–Crippen LogP) is 4.37. The highest BCUT2D eigenvalue weighted by molar-refractivity contribution is 7.22. The summed E-state index contributed by atoms with van der Waals surface area (Å²) in [6, 6.07) is 6.26. The maximum atomic E-state index is 12.9. The molecule has 2 N–H and O–H groups in total. The van der Waals surface area contributed by atoms with Crippen molar-refractivity contribution in [2.45, 2.75) is 25.9 Å². The van der Waals surface area contributed by atoms with Gasteiger partial charge in [-0.25, -0.2) is 9.97 Å². The number of hydrogen-bond donors (Lipinski definition) is 2. The third kappa shape index (κ3) is 4.98. The van der Waals surface area contributed by atoms with Crippen LogP contribution in [0.1, 0.15) is 46.3 Å². The van der Waals surface area contributed by atoms with E-state index in [0.717, 1.165) is 47.9 Å². The van der Waals surface area contributed by atoms with E-state index >= 15 is 0 Å². The molecule has 1 aromatic carbocycles. The Labute approximate surface area is 191 Å². The maximum Gasteiger partial charge on any atom is 0.433 e. The number of aliphatic hydroxyl groups excluding tert-OH is 1. The number of Topliss-reactive ketones (excluding diaryl/α,β-unsaturated/α-hetero) is 1. The summed E-state index contributed by atoms with van der Waals surface area (Å²) in [5.74, 6) is -0.882. The number of amides is 1. The van der Waals surface area contributed by atoms with E-state index in [4.69, 9.17) is 0 Å². The molecule has 1 aliphatic heterocycles. The predicted molar refractivity (Wildman–Crippen MR) is 119 cm³/mol. The number of aliphatic hydroxyl groups is 1. The number of aromatic nitrogens is 2. The molecule has 2 aromatic heterocycles. The molecule has 3 heterocycles. The quantitative estimate of drug-likeness (QED) is 0.529. The lowest BCUT2D eigenvalue weighted by atomic mass is 9.98. The highest BCUT2D eigenvalue weighted by atomic mass is 32.1. The number of piperidine rings is 1. The van der Waals surface area contributed by atoms with Crippen LogP contribution in [0.15, 0.2) is 30.3 Å². The summed E-state index contributed by atoms with van der Waals surface area (Å²) in [6.45, 7) is 3.02. The van der Waals surface area contributed by atoms with Gasteiger partial charge >= 0.3 is 6.18 Å². The molecular formula is C22H21F3N4O3S. The molecule has 7 nitrogen and oxygen atoms in total. The Bertz CT molecular complexity index is 1200. The minimum Gasteiger partial charge on any atom is -0.396 e. The zero-order valence-electron chi connectivity index (χ0n) is 17.6. The molecule has 0 unspecified atom stereocenters. The summed E-state index contributed by atoms with van der Waals surface area (Å²) in [5.41, 5.74) is -0.586. The van der Waals surface area contributed by atoms with Crippen molar-refractivity contribution < 1.29 is 27.9 Å². The van der Waals surface area contributed by atoms with Crippen molar-refractivity contribution in [3.63, 3.8) is 0 Å². The van der Waals surface area contributed by atoms with Crippen molar-refractivity contribution in [3.05, 3.63) is 47.3 Å². The molecule has 33 heavy (non-hydrogen) atoms. The van der Waals surface area contributed by atoms with Crippen molar-refractivity contribution in [2.24, 2.45) is 5.92 Å². The molecule has 174 valence electrons. The van der Waals surface area contributed by atoms with Crippen LogP contribution in [0.3, 0.4) is 0 Å². The normalized spacial score (nSPS) is 15.1. The minimum atomic E-state index is -4.68. The molecule has 1 saturated heterocycles. The van der Waals surface area contributed by atoms with Crippen molar-refractivity contribution >= 4 is 44.1 Å². The molecular weight excluding hydrogens is 457 g/mol. The lowest BCUT2D eigenvalue weighted by molar-refractivity contribution is -0.141. The summed E-state index contributed by atoms with van der Waals surface area (Å²) in [5, 5.41) is 12.6. The Balaban J connectivity index is 1.62. The molecule has 0 bridgehead atoms. The monoisotopic (exact) mass is 478 g/mol. The molecule has 0 atom stereocenters. The Hall–Kier alpha value is -3.05. The number of halogens is 3. The van der Waals surface area contributed by atoms with Gasteiger partial charge in [-0.05, 0) is 49.9 Å². The van der Waals surface area contributed by atoms with Gasteiger partial charge in [0.2, 0.25) is 0 Å². The average Bonchev–Trinajstić information content (AvgIpc) is 3.21. The minimum absolute atomic E-state index is 0.166. The zero-order chi connectivity index (χ0) is 23.8. The Kier molecular flexibility index (Phi) is 6.35. The lowest BCUT2D eigenvalue weighted by Crippen LogP contribution is -2.34. The zero-order valence-corrected chi connectivity index (χ0v) is 18.5. The van der Waals surface area contributed by atoms with Gasteiger partial charge in [-0.15, -0.1) is 0 Å². The molecule has 0 aliphatic carbocycles. The first-order chi connectivity index (χ1) is 15.7. The van der Waals surface area contributed by atoms with Gasteiger partial charge in [0.25, 0.3) is 5.91 Å². The summed E-state index contributed by atoms with van der Waals surface area (Å²) in [7, 11) is 0. The molecule has 4 rings (SSSR count). The van der Waals surface area contributed by atoms with E-state index in [1.165, 1.54) is 24.3 Å². The number of alkyl halides is 3. The highest BCUT2D eigenvalue weighted by Crippen LogP contribution is 2.35. The number of nitrogens with one attached hydrogen (secondary N) is 1. The number of carbonyl (C=O) groups is 2. The summed E-state index contributed by atoms with van der Waals surface area (Å²) < 4.78 is 39.5. The largest absolute Gasteiger partial charge is 0.433 e.